The van der Waals surface area contributed by atoms with Gasteiger partial charge in [-0.3, -0.25) is 4.79 Å². The van der Waals surface area contributed by atoms with Crippen LogP contribution in [0.4, 0.5) is 0 Å². The van der Waals surface area contributed by atoms with E-state index in [9.17, 15) is 9.59 Å². The number of aliphatic hydroxyl groups is 1. The number of nitrogens with one attached hydrogen (secondary N) is 1. The first-order valence-corrected chi connectivity index (χ1v) is 6.64. The average Bonchev–Trinajstić information content (AvgIpc) is 2.27. The fourth-order valence-electron chi connectivity index (χ4n) is 1.30. The zero-order chi connectivity index (χ0) is 13.7. The van der Waals surface area contributed by atoms with Gasteiger partial charge in [0.2, 0.25) is 0 Å². The molecule has 7 heteroatoms. The normalized spacial score (nSPS) is 11.9. The lowest BCUT2D eigenvalue weighted by Crippen LogP contribution is -2.41. The molecule has 98 valence electrons. The monoisotopic (exact) mass is 379 g/mol. The Morgan fingerprint density at radius 3 is 2.50 bits per heavy atom. The molecule has 3 N–H and O–H groups in total. The van der Waals surface area contributed by atoms with Crippen molar-refractivity contribution in [1.82, 2.24) is 5.32 Å². The number of hydrogen-bond donors (Lipinski definition) is 3. The number of aliphatic hydroxyl groups excluding tert-OH is 1. The van der Waals surface area contributed by atoms with Gasteiger partial charge in [0, 0.05) is 22.0 Å². The molecule has 1 rings (SSSR count). The second-order valence-electron chi connectivity index (χ2n) is 3.50. The minimum atomic E-state index is -1.18. The number of benzene rings is 1. The predicted octanol–water partition coefficient (Wildman–Crippen LogP) is 1.78. The highest BCUT2D eigenvalue weighted by atomic mass is 79.9. The summed E-state index contributed by atoms with van der Waals surface area (Å²) in [6.45, 7) is -0.307. The molecule has 0 aliphatic heterocycles. The van der Waals surface area contributed by atoms with Gasteiger partial charge in [-0.1, -0.05) is 15.9 Å². The minimum absolute atomic E-state index is 0.0325. The van der Waals surface area contributed by atoms with Gasteiger partial charge in [-0.2, -0.15) is 0 Å². The molecule has 1 aromatic carbocycles. The van der Waals surface area contributed by atoms with Crippen LogP contribution in [-0.4, -0.2) is 34.7 Å². The summed E-state index contributed by atoms with van der Waals surface area (Å²) in [5.41, 5.74) is 0.336. The van der Waals surface area contributed by atoms with Crippen LogP contribution >= 0.6 is 31.9 Å². The summed E-state index contributed by atoms with van der Waals surface area (Å²) in [6.07, 6.45) is -0.0325. The van der Waals surface area contributed by atoms with Crippen molar-refractivity contribution in [3.63, 3.8) is 0 Å². The van der Waals surface area contributed by atoms with Crippen LogP contribution in [0.2, 0.25) is 0 Å². The molecule has 0 aliphatic rings. The molecule has 1 atom stereocenters. The van der Waals surface area contributed by atoms with Gasteiger partial charge in [0.05, 0.1) is 5.56 Å². The second kappa shape index (κ2) is 6.86. The number of carbonyl (C=O) groups excluding carboxylic acids is 1. The van der Waals surface area contributed by atoms with Crippen LogP contribution in [0.1, 0.15) is 16.8 Å². The summed E-state index contributed by atoms with van der Waals surface area (Å²) in [6, 6.07) is 3.84. The summed E-state index contributed by atoms with van der Waals surface area (Å²) in [5, 5.41) is 19.9. The van der Waals surface area contributed by atoms with Crippen molar-refractivity contribution < 1.29 is 19.8 Å². The third-order valence-electron chi connectivity index (χ3n) is 2.20. The lowest BCUT2D eigenvalue weighted by atomic mass is 10.1. The van der Waals surface area contributed by atoms with E-state index in [2.05, 4.69) is 37.2 Å². The Labute approximate surface area is 120 Å². The maximum atomic E-state index is 11.9. The van der Waals surface area contributed by atoms with Crippen molar-refractivity contribution >= 4 is 43.7 Å². The molecule has 5 nitrogen and oxygen atoms in total. The number of amides is 1. The van der Waals surface area contributed by atoms with E-state index in [0.29, 0.717) is 10.0 Å². The molecule has 0 saturated heterocycles. The van der Waals surface area contributed by atoms with E-state index in [0.717, 1.165) is 4.47 Å². The zero-order valence-electron chi connectivity index (χ0n) is 9.19. The van der Waals surface area contributed by atoms with E-state index in [1.165, 1.54) is 0 Å². The Kier molecular flexibility index (Phi) is 5.77. The molecule has 18 heavy (non-hydrogen) atoms. The van der Waals surface area contributed by atoms with Gasteiger partial charge >= 0.3 is 5.97 Å². The number of rotatable bonds is 5. The quantitative estimate of drug-likeness (QED) is 0.726. The lowest BCUT2D eigenvalue weighted by molar-refractivity contribution is -0.139. The smallest absolute Gasteiger partial charge is 0.326 e. The fourth-order valence-corrected chi connectivity index (χ4v) is 2.52. The van der Waals surface area contributed by atoms with Crippen molar-refractivity contribution in [2.45, 2.75) is 12.5 Å². The molecule has 0 aliphatic carbocycles. The molecular weight excluding hydrogens is 370 g/mol. The minimum Gasteiger partial charge on any atom is -0.480 e. The number of carboxylic acids is 1. The highest BCUT2D eigenvalue weighted by Gasteiger charge is 2.21. The van der Waals surface area contributed by atoms with Gasteiger partial charge in [-0.25, -0.2) is 4.79 Å². The van der Waals surface area contributed by atoms with Crippen LogP contribution < -0.4 is 5.32 Å². The van der Waals surface area contributed by atoms with Crippen molar-refractivity contribution in [3.05, 3.63) is 32.7 Å². The van der Waals surface area contributed by atoms with Crippen molar-refractivity contribution in [1.29, 1.82) is 0 Å². The van der Waals surface area contributed by atoms with E-state index in [1.807, 2.05) is 0 Å². The topological polar surface area (TPSA) is 86.6 Å². The summed E-state index contributed by atoms with van der Waals surface area (Å²) in [7, 11) is 0. The van der Waals surface area contributed by atoms with Crippen LogP contribution in [0, 0.1) is 0 Å². The first-order valence-electron chi connectivity index (χ1n) is 5.05. The van der Waals surface area contributed by atoms with Gasteiger partial charge < -0.3 is 15.5 Å². The highest BCUT2D eigenvalue weighted by Crippen LogP contribution is 2.21. The number of carboxylic acid groups (broad SMARTS) is 1. The number of halogens is 2. The number of hydrogen-bond acceptors (Lipinski definition) is 3. The maximum absolute atomic E-state index is 11.9. The second-order valence-corrected chi connectivity index (χ2v) is 5.27. The average molecular weight is 381 g/mol. The SMILES string of the molecule is O=C(N[C@H](CCO)C(=O)O)c1ccc(Br)cc1Br. The van der Waals surface area contributed by atoms with E-state index < -0.39 is 17.9 Å². The zero-order valence-corrected chi connectivity index (χ0v) is 12.4. The summed E-state index contributed by atoms with van der Waals surface area (Å²) < 4.78 is 1.36. The van der Waals surface area contributed by atoms with Gasteiger partial charge in [-0.15, -0.1) is 0 Å². The molecule has 0 heterocycles. The molecule has 0 spiro atoms. The lowest BCUT2D eigenvalue weighted by Gasteiger charge is -2.14. The van der Waals surface area contributed by atoms with Crippen molar-refractivity contribution in [2.24, 2.45) is 0 Å². The van der Waals surface area contributed by atoms with E-state index in [-0.39, 0.29) is 13.0 Å². The number of aliphatic carboxylic acids is 1. The third kappa shape index (κ3) is 4.08. The summed E-state index contributed by atoms with van der Waals surface area (Å²) in [5.74, 6) is -1.68. The van der Waals surface area contributed by atoms with Crippen LogP contribution in [0.5, 0.6) is 0 Å². The van der Waals surface area contributed by atoms with Gasteiger partial charge in [0.15, 0.2) is 0 Å². The molecule has 1 aromatic rings. The molecule has 0 bridgehead atoms. The van der Waals surface area contributed by atoms with E-state index >= 15 is 0 Å². The first kappa shape index (κ1) is 15.1. The molecule has 0 fully saturated rings. The van der Waals surface area contributed by atoms with Crippen molar-refractivity contribution in [3.8, 4) is 0 Å². The largest absolute Gasteiger partial charge is 0.480 e. The van der Waals surface area contributed by atoms with E-state index in [1.54, 1.807) is 18.2 Å². The summed E-state index contributed by atoms with van der Waals surface area (Å²) >= 11 is 6.48. The Hall–Kier alpha value is -0.920. The Bertz CT molecular complexity index is 464. The van der Waals surface area contributed by atoms with Crippen LogP contribution in [0.15, 0.2) is 27.1 Å². The standard InChI is InChI=1S/C11H11Br2NO4/c12-6-1-2-7(8(13)5-6)10(16)14-9(3-4-15)11(17)18/h1-2,5,9,15H,3-4H2,(H,14,16)(H,17,18)/t9-/m1/s1. The van der Waals surface area contributed by atoms with Crippen molar-refractivity contribution in [2.75, 3.05) is 6.61 Å². The Morgan fingerprint density at radius 2 is 2.00 bits per heavy atom. The highest BCUT2D eigenvalue weighted by molar-refractivity contribution is 9.11. The third-order valence-corrected chi connectivity index (χ3v) is 3.35. The predicted molar refractivity (Wildman–Crippen MR) is 72.4 cm³/mol. The Balaban J connectivity index is 2.83. The number of carbonyl (C=O) groups is 2. The molecule has 0 unspecified atom stereocenters. The van der Waals surface area contributed by atoms with E-state index in [4.69, 9.17) is 10.2 Å². The molecule has 0 saturated carbocycles. The Morgan fingerprint density at radius 1 is 1.33 bits per heavy atom. The fraction of sp³-hybridized carbons (Fsp3) is 0.273. The van der Waals surface area contributed by atoms with Gasteiger partial charge in [0.25, 0.3) is 5.91 Å². The maximum Gasteiger partial charge on any atom is 0.326 e. The van der Waals surface area contributed by atoms with Gasteiger partial charge in [0.1, 0.15) is 6.04 Å². The van der Waals surface area contributed by atoms with Crippen LogP contribution in [-0.2, 0) is 4.79 Å². The first-order chi connectivity index (χ1) is 8.45. The molecule has 1 amide bonds. The molecule has 0 aromatic heterocycles. The van der Waals surface area contributed by atoms with Gasteiger partial charge in [-0.05, 0) is 34.1 Å². The van der Waals surface area contributed by atoms with Crippen LogP contribution in [0.3, 0.4) is 0 Å². The molecule has 0 radical (unpaired) electrons. The van der Waals surface area contributed by atoms with Crippen LogP contribution in [0.25, 0.3) is 0 Å². The summed E-state index contributed by atoms with van der Waals surface area (Å²) in [4.78, 5) is 22.7. The molecular formula is C11H11Br2NO4.